The first-order valence-electron chi connectivity index (χ1n) is 7.25. The number of alkyl halides is 2. The fourth-order valence-electron chi connectivity index (χ4n) is 3.04. The van der Waals surface area contributed by atoms with Gasteiger partial charge in [-0.1, -0.05) is 0 Å². The number of aliphatic hydroxyl groups is 2. The maximum absolute atomic E-state index is 12.3. The summed E-state index contributed by atoms with van der Waals surface area (Å²) in [5.74, 6) is -2.15. The first-order valence-corrected chi connectivity index (χ1v) is 8.12. The number of nitrogens with two attached hydrogens (primary N) is 1. The van der Waals surface area contributed by atoms with E-state index >= 15 is 0 Å². The van der Waals surface area contributed by atoms with Gasteiger partial charge in [0.2, 0.25) is 5.91 Å². The third kappa shape index (κ3) is 4.50. The Morgan fingerprint density at radius 3 is 2.52 bits per heavy atom. The molecule has 5 atom stereocenters. The van der Waals surface area contributed by atoms with Gasteiger partial charge in [-0.2, -0.15) is 0 Å². The van der Waals surface area contributed by atoms with Crippen molar-refractivity contribution in [3.63, 3.8) is 0 Å². The van der Waals surface area contributed by atoms with Crippen molar-refractivity contribution in [2.45, 2.75) is 55.3 Å². The van der Waals surface area contributed by atoms with Gasteiger partial charge in [-0.15, -0.1) is 35.6 Å². The summed E-state index contributed by atoms with van der Waals surface area (Å²) in [6, 6.07) is -1.62. The van der Waals surface area contributed by atoms with Crippen molar-refractivity contribution in [2.75, 3.05) is 0 Å². The van der Waals surface area contributed by atoms with Crippen LogP contribution in [0.3, 0.4) is 0 Å². The monoisotopic (exact) mass is 420 g/mol. The van der Waals surface area contributed by atoms with Gasteiger partial charge in [0.15, 0.2) is 5.60 Å². The van der Waals surface area contributed by atoms with Gasteiger partial charge in [0.1, 0.15) is 10.6 Å². The summed E-state index contributed by atoms with van der Waals surface area (Å²) in [4.78, 5) is 23.2. The lowest BCUT2D eigenvalue weighted by Gasteiger charge is -2.48. The molecule has 11 heteroatoms. The highest BCUT2D eigenvalue weighted by atomic mass is 35.5. The molecule has 2 aliphatic rings. The Balaban J connectivity index is 0.00000288. The molecular formula is C14H23Cl3N2O6. The second-order valence-corrected chi connectivity index (χ2v) is 7.31. The molecule has 8 nitrogen and oxygen atoms in total. The minimum Gasteiger partial charge on any atom is -0.512 e. The molecular weight excluding hydrogens is 399 g/mol. The number of fused-ring (bicyclic) bond motifs is 1. The Labute approximate surface area is 161 Å². The minimum atomic E-state index is -1.42. The van der Waals surface area contributed by atoms with Gasteiger partial charge in [-0.25, -0.2) is 4.79 Å². The molecule has 1 aliphatic carbocycles. The molecule has 2 rings (SSSR count). The fourth-order valence-corrected chi connectivity index (χ4v) is 3.40. The molecule has 0 radical (unpaired) electrons. The van der Waals surface area contributed by atoms with Crippen LogP contribution in [0, 0.1) is 5.92 Å². The number of aliphatic hydroxyl groups excluding tert-OH is 2. The second-order valence-electron chi connectivity index (χ2n) is 6.21. The van der Waals surface area contributed by atoms with Crippen molar-refractivity contribution in [1.29, 1.82) is 0 Å². The van der Waals surface area contributed by atoms with E-state index in [-0.39, 0.29) is 42.1 Å². The van der Waals surface area contributed by atoms with Crippen LogP contribution in [0.1, 0.15) is 26.7 Å². The topological polar surface area (TPSA) is 153 Å². The van der Waals surface area contributed by atoms with Gasteiger partial charge in [0, 0.05) is 12.3 Å². The zero-order chi connectivity index (χ0) is 17.5. The number of halogens is 3. The van der Waals surface area contributed by atoms with E-state index in [9.17, 15) is 19.8 Å². The summed E-state index contributed by atoms with van der Waals surface area (Å²) in [5.41, 5.74) is 4.19. The summed E-state index contributed by atoms with van der Waals surface area (Å²) in [6.07, 6.45) is -0.733. The van der Waals surface area contributed by atoms with E-state index in [1.54, 1.807) is 0 Å². The molecule has 1 aliphatic heterocycles. The highest BCUT2D eigenvalue weighted by molar-refractivity contribution is 6.45. The SMILES string of the molecule is CC(N)C(=O)NC1C2CC(O)CC(O)=C2C(=O)OC1(C)C(Cl)Cl.Cl.O. The lowest BCUT2D eigenvalue weighted by atomic mass is 9.72. The van der Waals surface area contributed by atoms with E-state index in [1.165, 1.54) is 13.8 Å². The summed E-state index contributed by atoms with van der Waals surface area (Å²) in [5, 5.41) is 22.6. The van der Waals surface area contributed by atoms with E-state index in [0.717, 1.165) is 0 Å². The quantitative estimate of drug-likeness (QED) is 0.375. The van der Waals surface area contributed by atoms with Gasteiger partial charge in [0.05, 0.1) is 23.8 Å². The molecule has 0 bridgehead atoms. The Bertz CT molecular complexity index is 557. The molecule has 0 spiro atoms. The lowest BCUT2D eigenvalue weighted by molar-refractivity contribution is -0.167. The van der Waals surface area contributed by atoms with Gasteiger partial charge in [-0.3, -0.25) is 4.79 Å². The molecule has 1 amide bonds. The number of cyclic esters (lactones) is 1. The second kappa shape index (κ2) is 8.75. The Morgan fingerprint density at radius 2 is 2.04 bits per heavy atom. The third-order valence-corrected chi connectivity index (χ3v) is 5.20. The predicted octanol–water partition coefficient (Wildman–Crippen LogP) is 0.118. The van der Waals surface area contributed by atoms with Crippen LogP contribution >= 0.6 is 35.6 Å². The lowest BCUT2D eigenvalue weighted by Crippen LogP contribution is -2.66. The number of carbonyl (C=O) groups excluding carboxylic acids is 2. The Kier molecular flexibility index (Phi) is 8.48. The molecule has 0 aromatic heterocycles. The van der Waals surface area contributed by atoms with Crippen LogP contribution in [0.2, 0.25) is 0 Å². The van der Waals surface area contributed by atoms with E-state index in [1.807, 2.05) is 0 Å². The zero-order valence-corrected chi connectivity index (χ0v) is 16.0. The average molecular weight is 422 g/mol. The third-order valence-electron chi connectivity index (χ3n) is 4.33. The predicted molar refractivity (Wildman–Crippen MR) is 94.8 cm³/mol. The molecule has 146 valence electrons. The Morgan fingerprint density at radius 1 is 1.48 bits per heavy atom. The number of carbonyl (C=O) groups is 2. The van der Waals surface area contributed by atoms with Crippen LogP contribution < -0.4 is 11.1 Å². The van der Waals surface area contributed by atoms with Gasteiger partial charge >= 0.3 is 5.97 Å². The average Bonchev–Trinajstić information content (AvgIpc) is 2.41. The summed E-state index contributed by atoms with van der Waals surface area (Å²) >= 11 is 12.0. The molecule has 1 heterocycles. The van der Waals surface area contributed by atoms with Crippen molar-refractivity contribution >= 4 is 47.5 Å². The molecule has 1 saturated heterocycles. The first-order chi connectivity index (χ1) is 10.6. The van der Waals surface area contributed by atoms with Crippen LogP contribution in [0.25, 0.3) is 0 Å². The number of rotatable bonds is 3. The van der Waals surface area contributed by atoms with Gasteiger partial charge < -0.3 is 31.5 Å². The summed E-state index contributed by atoms with van der Waals surface area (Å²) in [7, 11) is 0. The maximum Gasteiger partial charge on any atom is 0.338 e. The highest BCUT2D eigenvalue weighted by Crippen LogP contribution is 2.44. The molecule has 0 aromatic carbocycles. The molecule has 5 unspecified atom stereocenters. The number of amides is 1. The van der Waals surface area contributed by atoms with Crippen molar-refractivity contribution in [3.05, 3.63) is 11.3 Å². The smallest absolute Gasteiger partial charge is 0.338 e. The van der Waals surface area contributed by atoms with Crippen LogP contribution in [-0.4, -0.2) is 56.2 Å². The van der Waals surface area contributed by atoms with Crippen LogP contribution in [-0.2, 0) is 14.3 Å². The van der Waals surface area contributed by atoms with Crippen molar-refractivity contribution in [1.82, 2.24) is 5.32 Å². The first kappa shape index (κ1) is 24.2. The number of hydrogen-bond acceptors (Lipinski definition) is 6. The number of esters is 1. The molecule has 25 heavy (non-hydrogen) atoms. The van der Waals surface area contributed by atoms with E-state index in [2.05, 4.69) is 5.32 Å². The van der Waals surface area contributed by atoms with Crippen LogP contribution in [0.4, 0.5) is 0 Å². The van der Waals surface area contributed by atoms with Gasteiger partial charge in [-0.05, 0) is 20.3 Å². The van der Waals surface area contributed by atoms with E-state index in [0.29, 0.717) is 0 Å². The number of ether oxygens (including phenoxy) is 1. The molecule has 7 N–H and O–H groups in total. The molecule has 0 aromatic rings. The fraction of sp³-hybridized carbons (Fsp3) is 0.714. The zero-order valence-electron chi connectivity index (χ0n) is 13.7. The number of hydrogen-bond donors (Lipinski definition) is 4. The van der Waals surface area contributed by atoms with Crippen LogP contribution in [0.15, 0.2) is 11.3 Å². The highest BCUT2D eigenvalue weighted by Gasteiger charge is 2.56. The summed E-state index contributed by atoms with van der Waals surface area (Å²) in [6.45, 7) is 3.00. The van der Waals surface area contributed by atoms with E-state index < -0.39 is 46.4 Å². The van der Waals surface area contributed by atoms with Crippen molar-refractivity contribution < 1.29 is 30.0 Å². The van der Waals surface area contributed by atoms with Crippen molar-refractivity contribution in [2.24, 2.45) is 11.7 Å². The largest absolute Gasteiger partial charge is 0.512 e. The number of nitrogens with one attached hydrogen (secondary N) is 1. The minimum absolute atomic E-state index is 0. The summed E-state index contributed by atoms with van der Waals surface area (Å²) < 4.78 is 5.35. The molecule has 1 fully saturated rings. The Hall–Kier alpha value is -0.770. The normalized spacial score (nSPS) is 32.8. The van der Waals surface area contributed by atoms with Crippen molar-refractivity contribution in [3.8, 4) is 0 Å². The van der Waals surface area contributed by atoms with E-state index in [4.69, 9.17) is 33.7 Å². The standard InChI is InChI=1S/C14H20Cl2N2O5.ClH.H2O/c1-5(17)11(21)18-10-7-3-6(19)4-8(20)9(7)12(22)23-14(10,2)13(15)16;;/h5-7,10,13,19-20H,3-4,17H2,1-2H3,(H,18,21);1H;1H2. The van der Waals surface area contributed by atoms with Gasteiger partial charge in [0.25, 0.3) is 0 Å². The maximum atomic E-state index is 12.3. The van der Waals surface area contributed by atoms with Crippen LogP contribution in [0.5, 0.6) is 0 Å². The molecule has 0 saturated carbocycles.